The minimum atomic E-state index is -0.112. The summed E-state index contributed by atoms with van der Waals surface area (Å²) in [5.74, 6) is 0.752. The number of H-pyrrole nitrogens is 1. The van der Waals surface area contributed by atoms with Gasteiger partial charge in [0.15, 0.2) is 0 Å². The fourth-order valence-corrected chi connectivity index (χ4v) is 2.80. The first kappa shape index (κ1) is 16.9. The normalized spacial score (nSPS) is 12.0. The molecule has 0 saturated heterocycles. The van der Waals surface area contributed by atoms with Gasteiger partial charge in [-0.2, -0.15) is 0 Å². The van der Waals surface area contributed by atoms with E-state index in [-0.39, 0.29) is 11.9 Å². The Morgan fingerprint density at radius 2 is 1.96 bits per heavy atom. The smallest absolute Gasteiger partial charge is 0.251 e. The van der Waals surface area contributed by atoms with Crippen LogP contribution >= 0.6 is 0 Å². The summed E-state index contributed by atoms with van der Waals surface area (Å²) >= 11 is 0. The molecule has 0 aliphatic heterocycles. The number of aromatic nitrogens is 3. The van der Waals surface area contributed by atoms with Gasteiger partial charge in [-0.3, -0.25) is 9.78 Å². The highest BCUT2D eigenvalue weighted by molar-refractivity contribution is 5.95. The fraction of sp³-hybridized carbons (Fsp3) is 0.250. The van der Waals surface area contributed by atoms with Crippen LogP contribution in [0.5, 0.6) is 0 Å². The van der Waals surface area contributed by atoms with Crippen molar-refractivity contribution in [2.24, 2.45) is 0 Å². The van der Waals surface area contributed by atoms with E-state index in [4.69, 9.17) is 0 Å². The second-order valence-electron chi connectivity index (χ2n) is 6.30. The maximum Gasteiger partial charge on any atom is 0.251 e. The van der Waals surface area contributed by atoms with Gasteiger partial charge < -0.3 is 10.3 Å². The Morgan fingerprint density at radius 3 is 2.60 bits per heavy atom. The van der Waals surface area contributed by atoms with Crippen molar-refractivity contribution in [3.8, 4) is 11.3 Å². The van der Waals surface area contributed by atoms with E-state index in [2.05, 4.69) is 20.3 Å². The summed E-state index contributed by atoms with van der Waals surface area (Å²) in [6.07, 6.45) is 1.80. The maximum atomic E-state index is 12.6. The molecule has 3 rings (SSSR count). The number of nitrogens with one attached hydrogen (secondary N) is 2. The van der Waals surface area contributed by atoms with E-state index in [1.807, 2.05) is 64.1 Å². The van der Waals surface area contributed by atoms with Crippen LogP contribution in [0.15, 0.2) is 42.6 Å². The van der Waals surface area contributed by atoms with Gasteiger partial charge in [-0.15, -0.1) is 0 Å². The van der Waals surface area contributed by atoms with Crippen molar-refractivity contribution in [3.63, 3.8) is 0 Å². The van der Waals surface area contributed by atoms with E-state index in [0.29, 0.717) is 5.56 Å². The maximum absolute atomic E-state index is 12.6. The topological polar surface area (TPSA) is 70.7 Å². The molecule has 2 aromatic heterocycles. The van der Waals surface area contributed by atoms with Gasteiger partial charge in [-0.05, 0) is 51.5 Å². The lowest BCUT2D eigenvalue weighted by Crippen LogP contribution is -2.26. The number of nitrogens with zero attached hydrogens (tertiary/aromatic N) is 2. The van der Waals surface area contributed by atoms with Crippen molar-refractivity contribution in [2.45, 2.75) is 33.7 Å². The predicted octanol–water partition coefficient (Wildman–Crippen LogP) is 3.89. The van der Waals surface area contributed by atoms with Gasteiger partial charge in [0.05, 0.1) is 11.7 Å². The standard InChI is InChI=1S/C20H22N4O/c1-12-8-9-18(11-21-12)13(2)23-20(25)17-7-5-6-16(10-17)19-14(3)22-15(4)24-19/h5-11,13H,1-4H3,(H,22,24)(H,23,25)/t13-/m1/s1. The lowest BCUT2D eigenvalue weighted by molar-refractivity contribution is 0.0940. The Balaban J connectivity index is 1.79. The monoisotopic (exact) mass is 334 g/mol. The van der Waals surface area contributed by atoms with Crippen molar-refractivity contribution in [1.29, 1.82) is 0 Å². The van der Waals surface area contributed by atoms with Gasteiger partial charge >= 0.3 is 0 Å². The van der Waals surface area contributed by atoms with Crippen LogP contribution in [0.1, 0.15) is 46.1 Å². The van der Waals surface area contributed by atoms with E-state index in [1.165, 1.54) is 0 Å². The lowest BCUT2D eigenvalue weighted by atomic mass is 10.1. The zero-order valence-electron chi connectivity index (χ0n) is 14.9. The van der Waals surface area contributed by atoms with Gasteiger partial charge in [0.25, 0.3) is 5.91 Å². The SMILES string of the molecule is Cc1ccc([C@@H](C)NC(=O)c2cccc(-c3nc(C)[nH]c3C)c2)cn1. The molecule has 5 heteroatoms. The first-order valence-corrected chi connectivity index (χ1v) is 8.31. The molecule has 1 amide bonds. The minimum Gasteiger partial charge on any atom is -0.346 e. The predicted molar refractivity (Wildman–Crippen MR) is 98.4 cm³/mol. The van der Waals surface area contributed by atoms with Crippen LogP contribution in [0.4, 0.5) is 0 Å². The highest BCUT2D eigenvalue weighted by atomic mass is 16.1. The lowest BCUT2D eigenvalue weighted by Gasteiger charge is -2.14. The molecule has 128 valence electrons. The van der Waals surface area contributed by atoms with Crippen LogP contribution < -0.4 is 5.32 Å². The van der Waals surface area contributed by atoms with E-state index in [9.17, 15) is 4.79 Å². The number of amides is 1. The number of aromatic amines is 1. The Morgan fingerprint density at radius 1 is 1.16 bits per heavy atom. The molecule has 0 unspecified atom stereocenters. The van der Waals surface area contributed by atoms with Crippen LogP contribution in [0.25, 0.3) is 11.3 Å². The van der Waals surface area contributed by atoms with E-state index < -0.39 is 0 Å². The summed E-state index contributed by atoms with van der Waals surface area (Å²) in [7, 11) is 0. The van der Waals surface area contributed by atoms with Gasteiger partial charge in [-0.25, -0.2) is 4.98 Å². The van der Waals surface area contributed by atoms with Gasteiger partial charge in [0.2, 0.25) is 0 Å². The van der Waals surface area contributed by atoms with E-state index in [1.54, 1.807) is 6.20 Å². The van der Waals surface area contributed by atoms with Crippen molar-refractivity contribution in [2.75, 3.05) is 0 Å². The van der Waals surface area contributed by atoms with Crippen molar-refractivity contribution in [1.82, 2.24) is 20.3 Å². The molecule has 0 radical (unpaired) electrons. The van der Waals surface area contributed by atoms with Crippen LogP contribution in [-0.4, -0.2) is 20.9 Å². The van der Waals surface area contributed by atoms with Crippen molar-refractivity contribution < 1.29 is 4.79 Å². The Bertz CT molecular complexity index is 896. The first-order valence-electron chi connectivity index (χ1n) is 8.31. The zero-order chi connectivity index (χ0) is 18.0. The number of carbonyl (C=O) groups is 1. The molecule has 1 aromatic carbocycles. The van der Waals surface area contributed by atoms with Crippen molar-refractivity contribution in [3.05, 3.63) is 70.9 Å². The van der Waals surface area contributed by atoms with Crippen LogP contribution in [0, 0.1) is 20.8 Å². The molecule has 25 heavy (non-hydrogen) atoms. The van der Waals surface area contributed by atoms with Crippen LogP contribution in [0.3, 0.4) is 0 Å². The molecule has 0 saturated carbocycles. The summed E-state index contributed by atoms with van der Waals surface area (Å²) in [4.78, 5) is 24.6. The molecule has 5 nitrogen and oxygen atoms in total. The van der Waals surface area contributed by atoms with Gasteiger partial charge in [-0.1, -0.05) is 18.2 Å². The molecule has 2 N–H and O–H groups in total. The molecule has 0 aliphatic rings. The summed E-state index contributed by atoms with van der Waals surface area (Å²) < 4.78 is 0. The highest BCUT2D eigenvalue weighted by Crippen LogP contribution is 2.22. The molecule has 0 fully saturated rings. The summed E-state index contributed by atoms with van der Waals surface area (Å²) in [5, 5.41) is 3.02. The first-order chi connectivity index (χ1) is 11.9. The minimum absolute atomic E-state index is 0.111. The Kier molecular flexibility index (Phi) is 4.65. The third-order valence-electron chi connectivity index (χ3n) is 4.18. The third-order valence-corrected chi connectivity index (χ3v) is 4.18. The molecule has 1 atom stereocenters. The fourth-order valence-electron chi connectivity index (χ4n) is 2.80. The largest absolute Gasteiger partial charge is 0.346 e. The average Bonchev–Trinajstić information content (AvgIpc) is 2.94. The molecule has 2 heterocycles. The zero-order valence-corrected chi connectivity index (χ0v) is 14.9. The number of pyridine rings is 1. The summed E-state index contributed by atoms with van der Waals surface area (Å²) in [6, 6.07) is 11.4. The number of aryl methyl sites for hydroxylation is 3. The highest BCUT2D eigenvalue weighted by Gasteiger charge is 2.14. The molecule has 0 aliphatic carbocycles. The second-order valence-corrected chi connectivity index (χ2v) is 6.30. The van der Waals surface area contributed by atoms with Crippen molar-refractivity contribution >= 4 is 5.91 Å². The van der Waals surface area contributed by atoms with E-state index in [0.717, 1.165) is 34.0 Å². The number of rotatable bonds is 4. The summed E-state index contributed by atoms with van der Waals surface area (Å²) in [5.41, 5.74) is 5.36. The number of benzene rings is 1. The Labute approximate surface area is 147 Å². The molecule has 0 spiro atoms. The van der Waals surface area contributed by atoms with Gasteiger partial charge in [0.1, 0.15) is 5.82 Å². The summed E-state index contributed by atoms with van der Waals surface area (Å²) in [6.45, 7) is 7.80. The molecule has 0 bridgehead atoms. The molecule has 3 aromatic rings. The number of imidazole rings is 1. The van der Waals surface area contributed by atoms with Gasteiger partial charge in [0, 0.05) is 28.7 Å². The number of hydrogen-bond acceptors (Lipinski definition) is 3. The van der Waals surface area contributed by atoms with Crippen LogP contribution in [0.2, 0.25) is 0 Å². The average molecular weight is 334 g/mol. The van der Waals surface area contributed by atoms with Crippen LogP contribution in [-0.2, 0) is 0 Å². The number of hydrogen-bond donors (Lipinski definition) is 2. The quantitative estimate of drug-likeness (QED) is 0.760. The third kappa shape index (κ3) is 3.76. The second kappa shape index (κ2) is 6.89. The molecular weight excluding hydrogens is 312 g/mol. The molecular formula is C20H22N4O. The van der Waals surface area contributed by atoms with E-state index >= 15 is 0 Å². The Hall–Kier alpha value is -2.95. The number of carbonyl (C=O) groups excluding carboxylic acids is 1.